The molecule has 0 aromatic heterocycles. The molecule has 2 rings (SSSR count). The number of carbonyl (C=O) groups excluding carboxylic acids is 1. The number of alkyl halides is 2. The molecule has 1 heterocycles. The maximum absolute atomic E-state index is 12.4. The highest BCUT2D eigenvalue weighted by atomic mass is 79.9. The maximum atomic E-state index is 12.4. The number of hydrogen-bond donors (Lipinski definition) is 0. The van der Waals surface area contributed by atoms with E-state index in [0.29, 0.717) is 34.6 Å². The van der Waals surface area contributed by atoms with Crippen LogP contribution in [0, 0.1) is 0 Å². The minimum absolute atomic E-state index is 0.0875. The molecule has 7 heteroatoms. The zero-order chi connectivity index (χ0) is 17.7. The quantitative estimate of drug-likeness (QED) is 0.482. The smallest absolute Gasteiger partial charge is 0.387 e. The van der Waals surface area contributed by atoms with Crippen molar-refractivity contribution in [2.24, 2.45) is 0 Å². The summed E-state index contributed by atoms with van der Waals surface area (Å²) in [5.74, 6) is -0.0435. The van der Waals surface area contributed by atoms with E-state index in [2.05, 4.69) is 27.2 Å². The normalized spacial score (nSPS) is 17.5. The van der Waals surface area contributed by atoms with Crippen LogP contribution in [0.2, 0.25) is 0 Å². The van der Waals surface area contributed by atoms with Gasteiger partial charge in [0.25, 0.3) is 5.91 Å². The number of halogens is 4. The van der Waals surface area contributed by atoms with Crippen LogP contribution in [-0.2, 0) is 11.3 Å². The molecule has 1 aliphatic rings. The molecule has 128 valence electrons. The third kappa shape index (κ3) is 4.92. The van der Waals surface area contributed by atoms with Crippen LogP contribution < -0.4 is 4.74 Å². The van der Waals surface area contributed by atoms with Gasteiger partial charge in [-0.15, -0.1) is 0 Å². The molecule has 0 saturated carbocycles. The van der Waals surface area contributed by atoms with E-state index in [9.17, 15) is 13.6 Å². The molecule has 0 atom stereocenters. The van der Waals surface area contributed by atoms with Crippen molar-refractivity contribution >= 4 is 33.4 Å². The summed E-state index contributed by atoms with van der Waals surface area (Å²) >= 11 is 9.45. The molecule has 0 bridgehead atoms. The van der Waals surface area contributed by atoms with E-state index in [1.807, 2.05) is 0 Å². The summed E-state index contributed by atoms with van der Waals surface area (Å²) in [5, 5.41) is 0.384. The lowest BCUT2D eigenvalue weighted by molar-refractivity contribution is -0.125. The first-order valence-corrected chi connectivity index (χ1v) is 8.29. The number of ether oxygens (including phenoxy) is 1. The molecule has 1 saturated heterocycles. The molecular weight excluding hydrogens is 404 g/mol. The van der Waals surface area contributed by atoms with Gasteiger partial charge in [-0.1, -0.05) is 52.3 Å². The molecule has 1 aromatic rings. The largest absolute Gasteiger partial charge is 0.435 e. The second kappa shape index (κ2) is 8.44. The summed E-state index contributed by atoms with van der Waals surface area (Å²) in [6.45, 7) is 1.69. The molecule has 0 aliphatic carbocycles. The van der Waals surface area contributed by atoms with E-state index < -0.39 is 6.61 Å². The van der Waals surface area contributed by atoms with Crippen molar-refractivity contribution in [3.63, 3.8) is 0 Å². The molecule has 0 spiro atoms. The first-order chi connectivity index (χ1) is 11.4. The first kappa shape index (κ1) is 18.7. The van der Waals surface area contributed by atoms with Crippen molar-refractivity contribution in [2.45, 2.75) is 19.6 Å². The highest BCUT2D eigenvalue weighted by Crippen LogP contribution is 2.27. The van der Waals surface area contributed by atoms with Crippen LogP contribution in [0.3, 0.4) is 0 Å². The fourth-order valence-electron chi connectivity index (χ4n) is 2.28. The van der Waals surface area contributed by atoms with Gasteiger partial charge >= 0.3 is 6.61 Å². The SMILES string of the molecule is C=C/C(Br)=C\C(Cl)=C1/CCN(Cc2ccc(OC(F)F)cc2)C1=O. The Labute approximate surface area is 152 Å². The lowest BCUT2D eigenvalue weighted by atomic mass is 10.2. The van der Waals surface area contributed by atoms with Crippen LogP contribution in [0.25, 0.3) is 0 Å². The van der Waals surface area contributed by atoms with Crippen molar-refractivity contribution in [1.82, 2.24) is 4.90 Å². The van der Waals surface area contributed by atoms with Crippen molar-refractivity contribution < 1.29 is 18.3 Å². The lowest BCUT2D eigenvalue weighted by Gasteiger charge is -2.15. The standard InChI is InChI=1S/C17H15BrClF2NO2/c1-2-12(18)9-15(19)14-7-8-22(16(14)23)10-11-3-5-13(6-4-11)24-17(20)21/h2-6,9,17H,1,7-8,10H2/b12-9+,15-14-. The van der Waals surface area contributed by atoms with E-state index in [4.69, 9.17) is 11.6 Å². The van der Waals surface area contributed by atoms with Crippen LogP contribution >= 0.6 is 27.5 Å². The molecule has 1 aliphatic heterocycles. The summed E-state index contributed by atoms with van der Waals surface area (Å²) in [6, 6.07) is 6.22. The highest BCUT2D eigenvalue weighted by Gasteiger charge is 2.27. The van der Waals surface area contributed by atoms with Crippen LogP contribution in [0.1, 0.15) is 12.0 Å². The Bertz CT molecular complexity index is 686. The predicted octanol–water partition coefficient (Wildman–Crippen LogP) is 4.98. The van der Waals surface area contributed by atoms with E-state index in [-0.39, 0.29) is 11.7 Å². The van der Waals surface area contributed by atoms with Crippen molar-refractivity contribution in [1.29, 1.82) is 0 Å². The molecule has 0 unspecified atom stereocenters. The average molecular weight is 419 g/mol. The molecular formula is C17H15BrClF2NO2. The molecule has 1 aromatic carbocycles. The molecule has 1 amide bonds. The summed E-state index contributed by atoms with van der Waals surface area (Å²) < 4.78 is 29.2. The summed E-state index contributed by atoms with van der Waals surface area (Å²) in [4.78, 5) is 14.1. The van der Waals surface area contributed by atoms with Gasteiger partial charge in [0, 0.05) is 23.1 Å². The van der Waals surface area contributed by atoms with Gasteiger partial charge in [-0.05, 0) is 30.2 Å². The number of benzene rings is 1. The summed E-state index contributed by atoms with van der Waals surface area (Å²) in [5.41, 5.74) is 1.37. The molecule has 3 nitrogen and oxygen atoms in total. The van der Waals surface area contributed by atoms with E-state index in [0.717, 1.165) is 5.56 Å². The van der Waals surface area contributed by atoms with Gasteiger partial charge < -0.3 is 9.64 Å². The Kier molecular flexibility index (Phi) is 6.57. The van der Waals surface area contributed by atoms with Crippen molar-refractivity contribution in [2.75, 3.05) is 6.54 Å². The fourth-order valence-corrected chi connectivity index (χ4v) is 2.94. The van der Waals surface area contributed by atoms with Crippen LogP contribution in [0.15, 0.2) is 58.1 Å². The summed E-state index contributed by atoms with van der Waals surface area (Å²) in [7, 11) is 0. The minimum atomic E-state index is -2.85. The number of rotatable bonds is 6. The Hall–Kier alpha value is -1.66. The highest BCUT2D eigenvalue weighted by molar-refractivity contribution is 9.11. The molecule has 24 heavy (non-hydrogen) atoms. The van der Waals surface area contributed by atoms with Gasteiger partial charge in [-0.25, -0.2) is 0 Å². The van der Waals surface area contributed by atoms with Gasteiger partial charge in [0.2, 0.25) is 0 Å². The number of allylic oxidation sites excluding steroid dienone is 4. The number of hydrogen-bond acceptors (Lipinski definition) is 2. The lowest BCUT2D eigenvalue weighted by Crippen LogP contribution is -2.24. The van der Waals surface area contributed by atoms with E-state index in [1.54, 1.807) is 29.2 Å². The van der Waals surface area contributed by atoms with Gasteiger partial charge in [-0.3, -0.25) is 4.79 Å². The molecule has 1 fully saturated rings. The van der Waals surface area contributed by atoms with Crippen LogP contribution in [0.5, 0.6) is 5.75 Å². The topological polar surface area (TPSA) is 29.5 Å². The zero-order valence-electron chi connectivity index (χ0n) is 12.6. The molecule has 0 N–H and O–H groups in total. The van der Waals surface area contributed by atoms with E-state index in [1.165, 1.54) is 12.1 Å². The first-order valence-electron chi connectivity index (χ1n) is 7.12. The van der Waals surface area contributed by atoms with Gasteiger partial charge in [0.05, 0.1) is 5.03 Å². The van der Waals surface area contributed by atoms with Gasteiger partial charge in [0.15, 0.2) is 0 Å². The zero-order valence-corrected chi connectivity index (χ0v) is 15.0. The Morgan fingerprint density at radius 3 is 2.67 bits per heavy atom. The van der Waals surface area contributed by atoms with Gasteiger partial charge in [0.1, 0.15) is 5.75 Å². The fraction of sp³-hybridized carbons (Fsp3) is 0.235. The molecule has 0 radical (unpaired) electrons. The monoisotopic (exact) mass is 417 g/mol. The third-order valence-corrected chi connectivity index (χ3v) is 4.34. The Morgan fingerprint density at radius 2 is 2.08 bits per heavy atom. The second-order valence-electron chi connectivity index (χ2n) is 5.06. The Balaban J connectivity index is 2.06. The Morgan fingerprint density at radius 1 is 1.42 bits per heavy atom. The van der Waals surface area contributed by atoms with Crippen LogP contribution in [-0.4, -0.2) is 24.0 Å². The number of amides is 1. The third-order valence-electron chi connectivity index (χ3n) is 3.45. The van der Waals surface area contributed by atoms with Gasteiger partial charge in [-0.2, -0.15) is 8.78 Å². The van der Waals surface area contributed by atoms with Crippen molar-refractivity contribution in [3.8, 4) is 5.75 Å². The minimum Gasteiger partial charge on any atom is -0.435 e. The second-order valence-corrected chi connectivity index (χ2v) is 6.38. The number of nitrogens with zero attached hydrogens (tertiary/aromatic N) is 1. The number of carbonyl (C=O) groups is 1. The maximum Gasteiger partial charge on any atom is 0.387 e. The van der Waals surface area contributed by atoms with E-state index >= 15 is 0 Å². The number of likely N-dealkylation sites (tertiary alicyclic amines) is 1. The summed E-state index contributed by atoms with van der Waals surface area (Å²) in [6.07, 6.45) is 3.78. The van der Waals surface area contributed by atoms with Crippen molar-refractivity contribution in [3.05, 3.63) is 63.6 Å². The van der Waals surface area contributed by atoms with Crippen LogP contribution in [0.4, 0.5) is 8.78 Å². The average Bonchev–Trinajstić information content (AvgIpc) is 2.89. The predicted molar refractivity (Wildman–Crippen MR) is 93.2 cm³/mol.